The zero-order chi connectivity index (χ0) is 14.9. The van der Waals surface area contributed by atoms with Gasteiger partial charge in [0, 0.05) is 10.7 Å². The number of hydrogen-bond donors (Lipinski definition) is 5. The minimum atomic E-state index is -1.40. The lowest BCUT2D eigenvalue weighted by Gasteiger charge is -2.40. The van der Waals surface area contributed by atoms with Crippen LogP contribution in [0.2, 0.25) is 5.02 Å². The highest BCUT2D eigenvalue weighted by Crippen LogP contribution is 2.25. The van der Waals surface area contributed by atoms with Crippen molar-refractivity contribution in [1.29, 1.82) is 0 Å². The van der Waals surface area contributed by atoms with Crippen LogP contribution in [-0.2, 0) is 4.74 Å². The predicted octanol–water partition coefficient (Wildman–Crippen LogP) is -0.140. The molecule has 0 spiro atoms. The molecule has 1 heterocycles. The molecule has 0 radical (unpaired) electrons. The topological polar surface area (TPSA) is 102 Å². The van der Waals surface area contributed by atoms with Crippen LogP contribution in [0.1, 0.15) is 5.56 Å². The number of rotatable bonds is 3. The van der Waals surface area contributed by atoms with Crippen LogP contribution in [0, 0.1) is 6.92 Å². The van der Waals surface area contributed by atoms with E-state index in [1.54, 1.807) is 18.2 Å². The number of aliphatic hydroxyl groups excluding tert-OH is 4. The summed E-state index contributed by atoms with van der Waals surface area (Å²) in [6, 6.07) is 5.22. The minimum absolute atomic E-state index is 0.461. The van der Waals surface area contributed by atoms with Crippen LogP contribution in [0.15, 0.2) is 18.2 Å². The fraction of sp³-hybridized carbons (Fsp3) is 0.538. The summed E-state index contributed by atoms with van der Waals surface area (Å²) in [4.78, 5) is 0. The number of benzene rings is 1. The maximum Gasteiger partial charge on any atom is 0.157 e. The molecule has 1 aromatic rings. The van der Waals surface area contributed by atoms with E-state index < -0.39 is 37.3 Å². The molecule has 20 heavy (non-hydrogen) atoms. The Kier molecular flexibility index (Phi) is 4.85. The van der Waals surface area contributed by atoms with Gasteiger partial charge in [-0.3, -0.25) is 0 Å². The molecular formula is C13H18ClNO5. The molecule has 0 bridgehead atoms. The zero-order valence-corrected chi connectivity index (χ0v) is 11.7. The average molecular weight is 304 g/mol. The number of aryl methyl sites for hydroxylation is 1. The molecule has 2 rings (SSSR count). The van der Waals surface area contributed by atoms with Gasteiger partial charge < -0.3 is 30.5 Å². The SMILES string of the molecule is Cc1ccc(N[C@@H]2O[C@H](CO)[C@@H](O)[C@H](O)[C@H]2O)cc1Cl. The van der Waals surface area contributed by atoms with E-state index >= 15 is 0 Å². The average Bonchev–Trinajstić information content (AvgIpc) is 2.43. The highest BCUT2D eigenvalue weighted by molar-refractivity contribution is 6.31. The van der Waals surface area contributed by atoms with E-state index in [-0.39, 0.29) is 0 Å². The number of hydrogen-bond acceptors (Lipinski definition) is 6. The molecule has 5 atom stereocenters. The lowest BCUT2D eigenvalue weighted by Crippen LogP contribution is -2.60. The van der Waals surface area contributed by atoms with Crippen molar-refractivity contribution in [1.82, 2.24) is 0 Å². The number of aliphatic hydroxyl groups is 4. The predicted molar refractivity (Wildman–Crippen MR) is 73.6 cm³/mol. The lowest BCUT2D eigenvalue weighted by atomic mass is 9.98. The summed E-state index contributed by atoms with van der Waals surface area (Å²) in [5.74, 6) is 0. The molecule has 0 aromatic heterocycles. The second kappa shape index (κ2) is 6.26. The van der Waals surface area contributed by atoms with E-state index in [0.717, 1.165) is 5.56 Å². The molecule has 1 fully saturated rings. The number of halogens is 1. The third kappa shape index (κ3) is 3.06. The monoisotopic (exact) mass is 303 g/mol. The van der Waals surface area contributed by atoms with Crippen LogP contribution in [-0.4, -0.2) is 57.7 Å². The van der Waals surface area contributed by atoms with Gasteiger partial charge in [0.15, 0.2) is 6.23 Å². The molecule has 7 heteroatoms. The minimum Gasteiger partial charge on any atom is -0.394 e. The maximum absolute atomic E-state index is 9.89. The Morgan fingerprint density at radius 2 is 1.90 bits per heavy atom. The normalized spacial score (nSPS) is 34.0. The van der Waals surface area contributed by atoms with Crippen LogP contribution in [0.5, 0.6) is 0 Å². The fourth-order valence-electron chi connectivity index (χ4n) is 2.07. The molecule has 1 aliphatic rings. The molecule has 0 amide bonds. The van der Waals surface area contributed by atoms with Crippen molar-refractivity contribution in [3.8, 4) is 0 Å². The summed E-state index contributed by atoms with van der Waals surface area (Å²) in [5, 5.41) is 41.8. The van der Waals surface area contributed by atoms with Crippen LogP contribution in [0.3, 0.4) is 0 Å². The van der Waals surface area contributed by atoms with Gasteiger partial charge in [-0.25, -0.2) is 0 Å². The summed E-state index contributed by atoms with van der Waals surface area (Å²) in [5.41, 5.74) is 1.51. The fourth-order valence-corrected chi connectivity index (χ4v) is 2.25. The van der Waals surface area contributed by atoms with E-state index in [1.165, 1.54) is 0 Å². The first-order valence-electron chi connectivity index (χ1n) is 6.27. The summed E-state index contributed by atoms with van der Waals surface area (Å²) in [6.07, 6.45) is -5.99. The summed E-state index contributed by atoms with van der Waals surface area (Å²) < 4.78 is 5.34. The highest BCUT2D eigenvalue weighted by Gasteiger charge is 2.43. The van der Waals surface area contributed by atoms with Gasteiger partial charge in [-0.15, -0.1) is 0 Å². The standard InChI is InChI=1S/C13H18ClNO5/c1-6-2-3-7(4-8(6)14)15-13-12(19)11(18)10(17)9(5-16)20-13/h2-4,9-13,15-19H,5H2,1H3/t9-,10-,11+,12-,13-/m1/s1. The van der Waals surface area contributed by atoms with Crippen molar-refractivity contribution in [3.05, 3.63) is 28.8 Å². The first-order valence-corrected chi connectivity index (χ1v) is 6.65. The van der Waals surface area contributed by atoms with E-state index in [1.807, 2.05) is 6.92 Å². The number of nitrogens with one attached hydrogen (secondary N) is 1. The van der Waals surface area contributed by atoms with E-state index in [0.29, 0.717) is 10.7 Å². The van der Waals surface area contributed by atoms with Gasteiger partial charge in [-0.2, -0.15) is 0 Å². The second-order valence-corrected chi connectivity index (χ2v) is 5.26. The van der Waals surface area contributed by atoms with Gasteiger partial charge in [-0.1, -0.05) is 17.7 Å². The largest absolute Gasteiger partial charge is 0.394 e. The van der Waals surface area contributed by atoms with Crippen LogP contribution in [0.25, 0.3) is 0 Å². The summed E-state index contributed by atoms with van der Waals surface area (Å²) in [7, 11) is 0. The van der Waals surface area contributed by atoms with Crippen molar-refractivity contribution >= 4 is 17.3 Å². The Morgan fingerprint density at radius 3 is 2.50 bits per heavy atom. The highest BCUT2D eigenvalue weighted by atomic mass is 35.5. The van der Waals surface area contributed by atoms with Crippen molar-refractivity contribution in [2.24, 2.45) is 0 Å². The van der Waals surface area contributed by atoms with Gasteiger partial charge in [0.2, 0.25) is 0 Å². The first-order chi connectivity index (χ1) is 9.43. The van der Waals surface area contributed by atoms with Crippen molar-refractivity contribution in [3.63, 3.8) is 0 Å². The Hall–Kier alpha value is -0.890. The molecule has 5 N–H and O–H groups in total. The Labute approximate surface area is 121 Å². The third-order valence-electron chi connectivity index (χ3n) is 3.37. The van der Waals surface area contributed by atoms with E-state index in [9.17, 15) is 15.3 Å². The number of ether oxygens (including phenoxy) is 1. The van der Waals surface area contributed by atoms with E-state index in [4.69, 9.17) is 21.4 Å². The molecule has 1 aromatic carbocycles. The molecule has 112 valence electrons. The van der Waals surface area contributed by atoms with Crippen molar-refractivity contribution < 1.29 is 25.2 Å². The Balaban J connectivity index is 2.13. The smallest absolute Gasteiger partial charge is 0.157 e. The molecular weight excluding hydrogens is 286 g/mol. The van der Waals surface area contributed by atoms with Crippen LogP contribution < -0.4 is 5.32 Å². The van der Waals surface area contributed by atoms with Gasteiger partial charge in [0.1, 0.15) is 24.4 Å². The van der Waals surface area contributed by atoms with Gasteiger partial charge in [0.05, 0.1) is 6.61 Å². The Bertz CT molecular complexity index is 470. The molecule has 1 saturated heterocycles. The molecule has 0 aliphatic carbocycles. The quantitative estimate of drug-likeness (QED) is 0.533. The van der Waals surface area contributed by atoms with Crippen LogP contribution >= 0.6 is 11.6 Å². The lowest BCUT2D eigenvalue weighted by molar-refractivity contribution is -0.221. The van der Waals surface area contributed by atoms with Crippen molar-refractivity contribution in [2.75, 3.05) is 11.9 Å². The van der Waals surface area contributed by atoms with Gasteiger partial charge in [-0.05, 0) is 24.6 Å². The molecule has 6 nitrogen and oxygen atoms in total. The first kappa shape index (κ1) is 15.5. The Morgan fingerprint density at radius 1 is 1.20 bits per heavy atom. The van der Waals surface area contributed by atoms with Gasteiger partial charge in [0.25, 0.3) is 0 Å². The van der Waals surface area contributed by atoms with E-state index in [2.05, 4.69) is 5.32 Å². The second-order valence-electron chi connectivity index (χ2n) is 4.86. The molecule has 0 unspecified atom stereocenters. The molecule has 1 aliphatic heterocycles. The molecule has 0 saturated carbocycles. The summed E-state index contributed by atoms with van der Waals surface area (Å²) in [6.45, 7) is 1.40. The third-order valence-corrected chi connectivity index (χ3v) is 3.78. The zero-order valence-electron chi connectivity index (χ0n) is 10.9. The maximum atomic E-state index is 9.89. The van der Waals surface area contributed by atoms with Crippen LogP contribution in [0.4, 0.5) is 5.69 Å². The van der Waals surface area contributed by atoms with Gasteiger partial charge >= 0.3 is 0 Å². The summed E-state index contributed by atoms with van der Waals surface area (Å²) >= 11 is 6.00. The number of anilines is 1. The van der Waals surface area contributed by atoms with Crippen molar-refractivity contribution in [2.45, 2.75) is 37.6 Å².